The minimum atomic E-state index is -1.13. The third-order valence-corrected chi connectivity index (χ3v) is 7.14. The van der Waals surface area contributed by atoms with Crippen LogP contribution in [0, 0.1) is 0 Å². The number of nitrogens with zero attached hydrogens (tertiary/aromatic N) is 2. The van der Waals surface area contributed by atoms with E-state index >= 15 is 0 Å². The van der Waals surface area contributed by atoms with Gasteiger partial charge in [-0.05, 0) is 11.1 Å². The van der Waals surface area contributed by atoms with E-state index in [1.165, 1.54) is 0 Å². The summed E-state index contributed by atoms with van der Waals surface area (Å²) in [4.78, 5) is 50.8. The van der Waals surface area contributed by atoms with E-state index in [-0.39, 0.29) is 65.6 Å². The number of benzene rings is 2. The zero-order valence-corrected chi connectivity index (χ0v) is 23.6. The average molecular weight is 601 g/mol. The summed E-state index contributed by atoms with van der Waals surface area (Å²) >= 11 is 0. The Labute approximate surface area is 248 Å². The van der Waals surface area contributed by atoms with Crippen LogP contribution in [0.3, 0.4) is 0 Å². The van der Waals surface area contributed by atoms with Crippen LogP contribution in [-0.4, -0.2) is 108 Å². The fourth-order valence-corrected chi connectivity index (χ4v) is 4.96. The molecule has 2 heterocycles. The molecule has 0 aliphatic carbocycles. The second kappa shape index (κ2) is 15.9. The molecule has 0 spiro atoms. The maximum atomic E-state index is 12.5. The molecule has 232 valence electrons. The van der Waals surface area contributed by atoms with Gasteiger partial charge in [-0.15, -0.1) is 0 Å². The maximum absolute atomic E-state index is 12.5. The standard InChI is InChI=1S/C30H36N2O11/c33-27(34)25-15-23(17-31(25)29(37)42-19-21-7-3-1-4-8-21)40-13-11-39-12-14-41-24-16-26(28(35)36)32(18-24)30(38)43-20-22-9-5-2-6-10-22/h1-10,23-26H,11-20H2,(H,33,34)(H,35,36)/t23-,24-,25-,26-/m0/s1. The highest BCUT2D eigenvalue weighted by Gasteiger charge is 2.42. The van der Waals surface area contributed by atoms with Crippen molar-refractivity contribution in [2.45, 2.75) is 50.3 Å². The van der Waals surface area contributed by atoms with Gasteiger partial charge in [-0.3, -0.25) is 9.80 Å². The third kappa shape index (κ3) is 9.40. The Morgan fingerprint density at radius 2 is 1.02 bits per heavy atom. The SMILES string of the molecule is O=C(O)[C@@H]1C[C@H](OCCOCCO[C@H]2C[C@@H](C(=O)O)N(C(=O)OCc3ccccc3)C2)CN1C(=O)OCc1ccccc1. The summed E-state index contributed by atoms with van der Waals surface area (Å²) in [5.41, 5.74) is 1.59. The predicted molar refractivity (Wildman–Crippen MR) is 149 cm³/mol. The molecule has 2 aromatic carbocycles. The first kappa shape index (κ1) is 31.7. The van der Waals surface area contributed by atoms with Gasteiger partial charge in [-0.25, -0.2) is 19.2 Å². The summed E-state index contributed by atoms with van der Waals surface area (Å²) in [6, 6.07) is 16.1. The van der Waals surface area contributed by atoms with Crippen LogP contribution in [0.15, 0.2) is 60.7 Å². The van der Waals surface area contributed by atoms with E-state index in [0.29, 0.717) is 0 Å². The summed E-state index contributed by atoms with van der Waals surface area (Å²) in [5.74, 6) is -2.26. The zero-order chi connectivity index (χ0) is 30.6. The van der Waals surface area contributed by atoms with Crippen molar-refractivity contribution in [1.29, 1.82) is 0 Å². The number of carbonyl (C=O) groups excluding carboxylic acids is 2. The summed E-state index contributed by atoms with van der Waals surface area (Å²) in [5, 5.41) is 19.1. The van der Waals surface area contributed by atoms with Gasteiger partial charge in [0.1, 0.15) is 25.3 Å². The lowest BCUT2D eigenvalue weighted by atomic mass is 10.2. The van der Waals surface area contributed by atoms with Crippen LogP contribution in [-0.2, 0) is 46.5 Å². The van der Waals surface area contributed by atoms with Gasteiger partial charge < -0.3 is 33.9 Å². The Hall–Kier alpha value is -4.20. The van der Waals surface area contributed by atoms with Crippen molar-refractivity contribution in [3.8, 4) is 0 Å². The molecule has 2 saturated heterocycles. The Morgan fingerprint density at radius 1 is 0.628 bits per heavy atom. The van der Waals surface area contributed by atoms with E-state index in [0.717, 1.165) is 20.9 Å². The number of amides is 2. The van der Waals surface area contributed by atoms with Gasteiger partial charge in [0.05, 0.1) is 51.7 Å². The van der Waals surface area contributed by atoms with Crippen molar-refractivity contribution in [1.82, 2.24) is 9.80 Å². The minimum absolute atomic E-state index is 0.0398. The topological polar surface area (TPSA) is 161 Å². The molecule has 13 nitrogen and oxygen atoms in total. The number of carboxylic acid groups (broad SMARTS) is 2. The molecule has 0 aromatic heterocycles. The molecule has 43 heavy (non-hydrogen) atoms. The molecule has 13 heteroatoms. The van der Waals surface area contributed by atoms with Gasteiger partial charge in [0.25, 0.3) is 0 Å². The molecule has 0 unspecified atom stereocenters. The fourth-order valence-electron chi connectivity index (χ4n) is 4.96. The second-order valence-electron chi connectivity index (χ2n) is 10.2. The van der Waals surface area contributed by atoms with Crippen molar-refractivity contribution in [2.24, 2.45) is 0 Å². The number of aliphatic carboxylic acids is 2. The molecule has 2 N–H and O–H groups in total. The monoisotopic (exact) mass is 600 g/mol. The van der Waals surface area contributed by atoms with Gasteiger partial charge in [-0.2, -0.15) is 0 Å². The van der Waals surface area contributed by atoms with E-state index in [1.54, 1.807) is 0 Å². The summed E-state index contributed by atoms with van der Waals surface area (Å²) in [6.45, 7) is 1.02. The molecular weight excluding hydrogens is 564 g/mol. The van der Waals surface area contributed by atoms with Crippen molar-refractivity contribution in [3.05, 3.63) is 71.8 Å². The van der Waals surface area contributed by atoms with Gasteiger partial charge >= 0.3 is 24.1 Å². The molecule has 2 aromatic rings. The Kier molecular flexibility index (Phi) is 11.7. The van der Waals surface area contributed by atoms with E-state index < -0.39 is 48.4 Å². The summed E-state index contributed by atoms with van der Waals surface area (Å²) < 4.78 is 27.6. The molecule has 2 aliphatic heterocycles. The molecule has 0 saturated carbocycles. The van der Waals surface area contributed by atoms with E-state index in [4.69, 9.17) is 23.7 Å². The van der Waals surface area contributed by atoms with Crippen molar-refractivity contribution in [3.63, 3.8) is 0 Å². The van der Waals surface area contributed by atoms with E-state index in [9.17, 15) is 29.4 Å². The highest BCUT2D eigenvalue weighted by molar-refractivity contribution is 5.81. The number of hydrogen-bond acceptors (Lipinski definition) is 9. The van der Waals surface area contributed by atoms with Gasteiger partial charge in [0, 0.05) is 12.8 Å². The molecule has 4 rings (SSSR count). The molecule has 2 aliphatic rings. The van der Waals surface area contributed by atoms with Gasteiger partial charge in [-0.1, -0.05) is 60.7 Å². The first-order chi connectivity index (χ1) is 20.8. The molecule has 2 fully saturated rings. The second-order valence-corrected chi connectivity index (χ2v) is 10.2. The number of likely N-dealkylation sites (tertiary alicyclic amines) is 2. The predicted octanol–water partition coefficient (Wildman–Crippen LogP) is 2.76. The maximum Gasteiger partial charge on any atom is 0.410 e. The van der Waals surface area contributed by atoms with Crippen LogP contribution in [0.4, 0.5) is 9.59 Å². The first-order valence-corrected chi connectivity index (χ1v) is 14.0. The molecule has 0 radical (unpaired) electrons. The zero-order valence-electron chi connectivity index (χ0n) is 23.6. The molecule has 0 bridgehead atoms. The number of ether oxygens (including phenoxy) is 5. The van der Waals surface area contributed by atoms with E-state index in [1.807, 2.05) is 60.7 Å². The van der Waals surface area contributed by atoms with Crippen molar-refractivity contribution < 1.29 is 53.1 Å². The lowest BCUT2D eigenvalue weighted by Crippen LogP contribution is -2.40. The molecule has 2 amide bonds. The van der Waals surface area contributed by atoms with Crippen LogP contribution in [0.1, 0.15) is 24.0 Å². The lowest BCUT2D eigenvalue weighted by molar-refractivity contribution is -0.142. The summed E-state index contributed by atoms with van der Waals surface area (Å²) in [6.07, 6.45) is -2.12. The molecular formula is C30H36N2O11. The van der Waals surface area contributed by atoms with Crippen molar-refractivity contribution in [2.75, 3.05) is 39.5 Å². The highest BCUT2D eigenvalue weighted by Crippen LogP contribution is 2.23. The normalized spacial score (nSPS) is 21.5. The smallest absolute Gasteiger partial charge is 0.410 e. The minimum Gasteiger partial charge on any atom is -0.480 e. The van der Waals surface area contributed by atoms with Crippen LogP contribution in [0.5, 0.6) is 0 Å². The van der Waals surface area contributed by atoms with E-state index in [2.05, 4.69) is 0 Å². The van der Waals surface area contributed by atoms with Crippen LogP contribution >= 0.6 is 0 Å². The van der Waals surface area contributed by atoms with Crippen LogP contribution in [0.25, 0.3) is 0 Å². The lowest BCUT2D eigenvalue weighted by Gasteiger charge is -2.20. The first-order valence-electron chi connectivity index (χ1n) is 14.0. The van der Waals surface area contributed by atoms with Crippen molar-refractivity contribution >= 4 is 24.1 Å². The largest absolute Gasteiger partial charge is 0.480 e. The van der Waals surface area contributed by atoms with Crippen LogP contribution < -0.4 is 0 Å². The van der Waals surface area contributed by atoms with Gasteiger partial charge in [0.15, 0.2) is 0 Å². The quantitative estimate of drug-likeness (QED) is 0.307. The fraction of sp³-hybridized carbons (Fsp3) is 0.467. The summed E-state index contributed by atoms with van der Waals surface area (Å²) in [7, 11) is 0. The third-order valence-electron chi connectivity index (χ3n) is 7.14. The molecule has 4 atom stereocenters. The Balaban J connectivity index is 1.11. The number of carboxylic acids is 2. The average Bonchev–Trinajstić information content (AvgIpc) is 3.65. The number of hydrogen-bond donors (Lipinski definition) is 2. The van der Waals surface area contributed by atoms with Crippen LogP contribution in [0.2, 0.25) is 0 Å². The van der Waals surface area contributed by atoms with Gasteiger partial charge in [0.2, 0.25) is 0 Å². The Morgan fingerprint density at radius 3 is 1.40 bits per heavy atom. The highest BCUT2D eigenvalue weighted by atomic mass is 16.6. The Bertz CT molecular complexity index is 1120. The number of rotatable bonds is 14. The number of carbonyl (C=O) groups is 4.